The van der Waals surface area contributed by atoms with E-state index in [4.69, 9.17) is 5.11 Å². The Morgan fingerprint density at radius 2 is 1.83 bits per heavy atom. The molecule has 2 rings (SSSR count). The average Bonchev–Trinajstić information content (AvgIpc) is 2.51. The Bertz CT molecular complexity index is 525. The highest BCUT2D eigenvalue weighted by Gasteiger charge is 2.43. The zero-order valence-electron chi connectivity index (χ0n) is 10.2. The summed E-state index contributed by atoms with van der Waals surface area (Å²) in [7, 11) is 0. The Kier molecular flexibility index (Phi) is 3.29. The number of hydrogen-bond acceptors (Lipinski definition) is 3. The molecular formula is C13H14BrNO3. The van der Waals surface area contributed by atoms with Gasteiger partial charge in [-0.3, -0.25) is 14.5 Å². The van der Waals surface area contributed by atoms with Crippen LogP contribution in [-0.4, -0.2) is 34.0 Å². The van der Waals surface area contributed by atoms with E-state index in [1.165, 1.54) is 4.90 Å². The third-order valence-electron chi connectivity index (χ3n) is 3.18. The van der Waals surface area contributed by atoms with E-state index in [1.807, 2.05) is 0 Å². The molecule has 1 heterocycles. The van der Waals surface area contributed by atoms with E-state index in [2.05, 4.69) is 15.9 Å². The van der Waals surface area contributed by atoms with Crippen molar-refractivity contribution in [2.75, 3.05) is 6.61 Å². The van der Waals surface area contributed by atoms with Crippen LogP contribution in [0.25, 0.3) is 0 Å². The fourth-order valence-corrected chi connectivity index (χ4v) is 2.51. The van der Waals surface area contributed by atoms with Crippen molar-refractivity contribution in [3.63, 3.8) is 0 Å². The molecule has 1 aliphatic heterocycles. The van der Waals surface area contributed by atoms with E-state index in [0.29, 0.717) is 17.5 Å². The number of rotatable bonds is 3. The highest BCUT2D eigenvalue weighted by molar-refractivity contribution is 9.10. The second-order valence-corrected chi connectivity index (χ2v) is 5.84. The van der Waals surface area contributed by atoms with Crippen LogP contribution in [0.5, 0.6) is 0 Å². The molecule has 18 heavy (non-hydrogen) atoms. The molecule has 0 saturated carbocycles. The van der Waals surface area contributed by atoms with Crippen LogP contribution in [0, 0.1) is 0 Å². The lowest BCUT2D eigenvalue weighted by atomic mass is 9.99. The molecule has 0 bridgehead atoms. The van der Waals surface area contributed by atoms with Gasteiger partial charge in [0.1, 0.15) is 0 Å². The predicted octanol–water partition coefficient (Wildman–Crippen LogP) is 2.21. The monoisotopic (exact) mass is 311 g/mol. The Morgan fingerprint density at radius 3 is 2.44 bits per heavy atom. The second kappa shape index (κ2) is 4.48. The van der Waals surface area contributed by atoms with Crippen molar-refractivity contribution < 1.29 is 14.7 Å². The summed E-state index contributed by atoms with van der Waals surface area (Å²) in [5, 5.41) is 9.04. The standard InChI is InChI=1S/C13H14BrNO3/c1-13(2,5-6-16)15-11(17)9-4-3-8(14)7-10(9)12(15)18/h3-4,7,16H,5-6H2,1-2H3. The van der Waals surface area contributed by atoms with Crippen LogP contribution >= 0.6 is 15.9 Å². The van der Waals surface area contributed by atoms with Crippen molar-refractivity contribution in [1.29, 1.82) is 0 Å². The minimum Gasteiger partial charge on any atom is -0.396 e. The molecule has 1 aromatic carbocycles. The molecule has 0 atom stereocenters. The number of benzene rings is 1. The summed E-state index contributed by atoms with van der Waals surface area (Å²) in [5.74, 6) is -0.587. The van der Waals surface area contributed by atoms with E-state index in [0.717, 1.165) is 4.47 Å². The highest BCUT2D eigenvalue weighted by Crippen LogP contribution is 2.32. The van der Waals surface area contributed by atoms with E-state index in [1.54, 1.807) is 32.0 Å². The van der Waals surface area contributed by atoms with Crippen molar-refractivity contribution in [3.05, 3.63) is 33.8 Å². The van der Waals surface area contributed by atoms with Crippen LogP contribution in [-0.2, 0) is 0 Å². The van der Waals surface area contributed by atoms with Crippen LogP contribution in [0.15, 0.2) is 22.7 Å². The zero-order valence-corrected chi connectivity index (χ0v) is 11.8. The van der Waals surface area contributed by atoms with Gasteiger partial charge in [0.05, 0.1) is 11.1 Å². The molecular weight excluding hydrogens is 298 g/mol. The maximum atomic E-state index is 12.3. The molecule has 0 fully saturated rings. The topological polar surface area (TPSA) is 57.6 Å². The molecule has 1 N–H and O–H groups in total. The maximum Gasteiger partial charge on any atom is 0.262 e. The van der Waals surface area contributed by atoms with Gasteiger partial charge in [0.25, 0.3) is 11.8 Å². The predicted molar refractivity (Wildman–Crippen MR) is 70.4 cm³/mol. The van der Waals surface area contributed by atoms with Crippen molar-refractivity contribution >= 4 is 27.7 Å². The maximum absolute atomic E-state index is 12.3. The molecule has 1 aliphatic rings. The van der Waals surface area contributed by atoms with Crippen molar-refractivity contribution in [2.45, 2.75) is 25.8 Å². The summed E-state index contributed by atoms with van der Waals surface area (Å²) in [5.41, 5.74) is 0.156. The molecule has 5 heteroatoms. The Morgan fingerprint density at radius 1 is 1.22 bits per heavy atom. The summed E-state index contributed by atoms with van der Waals surface area (Å²) < 4.78 is 0.768. The van der Waals surface area contributed by atoms with E-state index >= 15 is 0 Å². The van der Waals surface area contributed by atoms with Gasteiger partial charge in [-0.1, -0.05) is 15.9 Å². The fraction of sp³-hybridized carbons (Fsp3) is 0.385. The Labute approximate surface area is 114 Å². The summed E-state index contributed by atoms with van der Waals surface area (Å²) in [6, 6.07) is 5.05. The summed E-state index contributed by atoms with van der Waals surface area (Å²) in [6.07, 6.45) is 0.361. The number of hydrogen-bond donors (Lipinski definition) is 1. The van der Waals surface area contributed by atoms with Crippen LogP contribution in [0.3, 0.4) is 0 Å². The molecule has 0 radical (unpaired) electrons. The number of amides is 2. The van der Waals surface area contributed by atoms with Gasteiger partial charge in [0.2, 0.25) is 0 Å². The minimum absolute atomic E-state index is 0.0654. The first-order valence-electron chi connectivity index (χ1n) is 5.68. The quantitative estimate of drug-likeness (QED) is 0.871. The fourth-order valence-electron chi connectivity index (χ4n) is 2.15. The molecule has 0 spiro atoms. The lowest BCUT2D eigenvalue weighted by Crippen LogP contribution is -2.48. The van der Waals surface area contributed by atoms with Crippen molar-refractivity contribution in [1.82, 2.24) is 4.90 Å². The summed E-state index contributed by atoms with van der Waals surface area (Å²) in [4.78, 5) is 25.8. The largest absolute Gasteiger partial charge is 0.396 e. The number of carbonyl (C=O) groups is 2. The molecule has 0 aliphatic carbocycles. The molecule has 2 amide bonds. The first kappa shape index (κ1) is 13.2. The van der Waals surface area contributed by atoms with Gasteiger partial charge in [-0.15, -0.1) is 0 Å². The molecule has 0 aromatic heterocycles. The van der Waals surface area contributed by atoms with Crippen molar-refractivity contribution in [2.24, 2.45) is 0 Å². The number of aliphatic hydroxyl groups excluding tert-OH is 1. The van der Waals surface area contributed by atoms with Gasteiger partial charge < -0.3 is 5.11 Å². The number of halogens is 1. The Balaban J connectivity index is 2.46. The Hall–Kier alpha value is -1.20. The highest BCUT2D eigenvalue weighted by atomic mass is 79.9. The number of aliphatic hydroxyl groups is 1. The SMILES string of the molecule is CC(C)(CCO)N1C(=O)c2ccc(Br)cc2C1=O. The molecule has 96 valence electrons. The minimum atomic E-state index is -0.686. The molecule has 1 aromatic rings. The van der Waals surface area contributed by atoms with Crippen LogP contribution in [0.1, 0.15) is 41.0 Å². The van der Waals surface area contributed by atoms with Gasteiger partial charge in [-0.05, 0) is 38.5 Å². The van der Waals surface area contributed by atoms with Gasteiger partial charge in [-0.2, -0.15) is 0 Å². The van der Waals surface area contributed by atoms with E-state index in [-0.39, 0.29) is 18.4 Å². The van der Waals surface area contributed by atoms with Crippen LogP contribution in [0.2, 0.25) is 0 Å². The normalized spacial score (nSPS) is 15.2. The lowest BCUT2D eigenvalue weighted by Gasteiger charge is -2.33. The number of fused-ring (bicyclic) bond motifs is 1. The number of nitrogens with zero attached hydrogens (tertiary/aromatic N) is 1. The summed E-state index contributed by atoms with van der Waals surface area (Å²) >= 11 is 3.29. The number of imide groups is 1. The van der Waals surface area contributed by atoms with Crippen molar-refractivity contribution in [3.8, 4) is 0 Å². The average molecular weight is 312 g/mol. The summed E-state index contributed by atoms with van der Waals surface area (Å²) in [6.45, 7) is 3.49. The van der Waals surface area contributed by atoms with Crippen LogP contribution < -0.4 is 0 Å². The third-order valence-corrected chi connectivity index (χ3v) is 3.67. The van der Waals surface area contributed by atoms with Crippen LogP contribution in [0.4, 0.5) is 0 Å². The zero-order chi connectivity index (χ0) is 13.5. The van der Waals surface area contributed by atoms with Gasteiger partial charge in [0, 0.05) is 16.6 Å². The first-order chi connectivity index (χ1) is 8.38. The molecule has 0 unspecified atom stereocenters. The second-order valence-electron chi connectivity index (χ2n) is 4.92. The smallest absolute Gasteiger partial charge is 0.262 e. The molecule has 4 nitrogen and oxygen atoms in total. The van der Waals surface area contributed by atoms with Gasteiger partial charge >= 0.3 is 0 Å². The number of carbonyl (C=O) groups excluding carboxylic acids is 2. The van der Waals surface area contributed by atoms with Gasteiger partial charge in [-0.25, -0.2) is 0 Å². The van der Waals surface area contributed by atoms with E-state index < -0.39 is 5.54 Å². The third kappa shape index (κ3) is 1.97. The first-order valence-corrected chi connectivity index (χ1v) is 6.47. The molecule has 0 saturated heterocycles. The van der Waals surface area contributed by atoms with Gasteiger partial charge in [0.15, 0.2) is 0 Å². The lowest BCUT2D eigenvalue weighted by molar-refractivity contribution is 0.0437. The van der Waals surface area contributed by atoms with E-state index in [9.17, 15) is 9.59 Å².